The zero-order valence-electron chi connectivity index (χ0n) is 9.85. The number of rotatable bonds is 5. The fraction of sp³-hybridized carbons (Fsp3) is 0.538. The van der Waals surface area contributed by atoms with Crippen molar-refractivity contribution in [1.82, 2.24) is 0 Å². The van der Waals surface area contributed by atoms with Crippen LogP contribution in [-0.2, 0) is 0 Å². The van der Waals surface area contributed by atoms with E-state index < -0.39 is 0 Å². The quantitative estimate of drug-likeness (QED) is 0.815. The van der Waals surface area contributed by atoms with Gasteiger partial charge in [0.2, 0.25) is 0 Å². The Hall–Kier alpha value is -0.440. The summed E-state index contributed by atoms with van der Waals surface area (Å²) in [6.45, 7) is 4.57. The Morgan fingerprint density at radius 1 is 1.18 bits per heavy atom. The highest BCUT2D eigenvalue weighted by Gasteiger charge is 2.14. The van der Waals surface area contributed by atoms with E-state index in [0.29, 0.717) is 10.0 Å². The lowest BCUT2D eigenvalue weighted by molar-refractivity contribution is -0.887. The highest BCUT2D eigenvalue weighted by molar-refractivity contribution is 6.35. The number of hydrogen-bond donors (Lipinski definition) is 1. The summed E-state index contributed by atoms with van der Waals surface area (Å²) in [7, 11) is 0. The molecule has 1 heterocycles. The Kier molecular flexibility index (Phi) is 4.96. The molecule has 1 saturated heterocycles. The van der Waals surface area contributed by atoms with Crippen molar-refractivity contribution in [2.75, 3.05) is 26.2 Å². The van der Waals surface area contributed by atoms with Crippen molar-refractivity contribution in [3.8, 4) is 5.75 Å². The number of likely N-dealkylation sites (tertiary alicyclic amines) is 1. The zero-order valence-corrected chi connectivity index (χ0v) is 11.4. The second kappa shape index (κ2) is 6.48. The van der Waals surface area contributed by atoms with Crippen molar-refractivity contribution < 1.29 is 9.64 Å². The first-order valence-corrected chi connectivity index (χ1v) is 6.93. The van der Waals surface area contributed by atoms with Gasteiger partial charge in [0, 0.05) is 24.3 Å². The van der Waals surface area contributed by atoms with Crippen LogP contribution in [0.4, 0.5) is 0 Å². The molecule has 1 aromatic rings. The van der Waals surface area contributed by atoms with Crippen LogP contribution in [-0.4, -0.2) is 26.2 Å². The van der Waals surface area contributed by atoms with E-state index in [1.54, 1.807) is 17.0 Å². The normalized spacial score (nSPS) is 16.4. The van der Waals surface area contributed by atoms with Crippen molar-refractivity contribution in [3.05, 3.63) is 28.2 Å². The third-order valence-corrected chi connectivity index (χ3v) is 3.67. The Labute approximate surface area is 112 Å². The van der Waals surface area contributed by atoms with Crippen molar-refractivity contribution in [3.63, 3.8) is 0 Å². The Morgan fingerprint density at radius 2 is 1.94 bits per heavy atom. The second-order valence-corrected chi connectivity index (χ2v) is 5.33. The third-order valence-electron chi connectivity index (χ3n) is 3.14. The molecule has 0 unspecified atom stereocenters. The van der Waals surface area contributed by atoms with Gasteiger partial charge in [-0.15, -0.1) is 0 Å². The van der Waals surface area contributed by atoms with Crippen LogP contribution in [0.1, 0.15) is 19.3 Å². The monoisotopic (exact) mass is 274 g/mol. The molecule has 0 bridgehead atoms. The average Bonchev–Trinajstić information content (AvgIpc) is 2.79. The first kappa shape index (κ1) is 13.0. The fourth-order valence-corrected chi connectivity index (χ4v) is 2.68. The molecule has 1 aromatic carbocycles. The molecule has 0 aliphatic carbocycles. The lowest BCUT2D eigenvalue weighted by Crippen LogP contribution is -3.10. The summed E-state index contributed by atoms with van der Waals surface area (Å²) in [6.07, 6.45) is 3.83. The van der Waals surface area contributed by atoms with Crippen LogP contribution in [0.2, 0.25) is 10.0 Å². The zero-order chi connectivity index (χ0) is 12.1. The number of nitrogens with one attached hydrogen (secondary N) is 1. The first-order valence-electron chi connectivity index (χ1n) is 6.17. The maximum Gasteiger partial charge on any atom is 0.137 e. The molecule has 2 rings (SSSR count). The smallest absolute Gasteiger partial charge is 0.137 e. The van der Waals surface area contributed by atoms with Crippen LogP contribution in [0.5, 0.6) is 5.75 Å². The molecule has 1 aliphatic heterocycles. The molecule has 94 valence electrons. The predicted molar refractivity (Wildman–Crippen MR) is 71.4 cm³/mol. The van der Waals surface area contributed by atoms with Crippen LogP contribution in [0.15, 0.2) is 18.2 Å². The van der Waals surface area contributed by atoms with Crippen LogP contribution in [0.3, 0.4) is 0 Å². The minimum Gasteiger partial charge on any atom is -0.492 e. The molecule has 0 atom stereocenters. The van der Waals surface area contributed by atoms with E-state index in [2.05, 4.69) is 0 Å². The van der Waals surface area contributed by atoms with E-state index in [4.69, 9.17) is 27.9 Å². The molecular formula is C13H18Cl2NO+. The number of hydrogen-bond acceptors (Lipinski definition) is 1. The molecule has 0 radical (unpaired) electrons. The summed E-state index contributed by atoms with van der Waals surface area (Å²) in [5.74, 6) is 0.729. The van der Waals surface area contributed by atoms with Gasteiger partial charge >= 0.3 is 0 Å². The van der Waals surface area contributed by atoms with Gasteiger partial charge in [0.15, 0.2) is 0 Å². The van der Waals surface area contributed by atoms with Crippen molar-refractivity contribution >= 4 is 23.2 Å². The van der Waals surface area contributed by atoms with E-state index in [0.717, 1.165) is 18.8 Å². The maximum absolute atomic E-state index is 6.02. The summed E-state index contributed by atoms with van der Waals surface area (Å²) in [5.41, 5.74) is 0. The van der Waals surface area contributed by atoms with Crippen molar-refractivity contribution in [1.29, 1.82) is 0 Å². The van der Waals surface area contributed by atoms with Gasteiger partial charge in [0.25, 0.3) is 0 Å². The average molecular weight is 275 g/mol. The minimum absolute atomic E-state index is 0.589. The molecule has 2 nitrogen and oxygen atoms in total. The Bertz CT molecular complexity index is 364. The third kappa shape index (κ3) is 4.06. The first-order chi connectivity index (χ1) is 8.25. The standard InChI is InChI=1S/C13H17Cl2NO/c14-11-4-5-13(12(15)10-11)17-9-3-8-16-6-1-2-7-16/h4-5,10H,1-3,6-9H2/p+1. The predicted octanol–water partition coefficient (Wildman–Crippen LogP) is 2.44. The maximum atomic E-state index is 6.02. The van der Waals surface area contributed by atoms with Gasteiger partial charge in [-0.2, -0.15) is 0 Å². The van der Waals surface area contributed by atoms with Gasteiger partial charge in [-0.05, 0) is 18.2 Å². The number of quaternary nitrogens is 1. The summed E-state index contributed by atoms with van der Waals surface area (Å²) in [4.78, 5) is 1.70. The molecule has 0 saturated carbocycles. The Balaban J connectivity index is 1.70. The van der Waals surface area contributed by atoms with E-state index >= 15 is 0 Å². The molecule has 1 fully saturated rings. The van der Waals surface area contributed by atoms with Gasteiger partial charge in [0.05, 0.1) is 31.3 Å². The van der Waals surface area contributed by atoms with Crippen molar-refractivity contribution in [2.45, 2.75) is 19.3 Å². The molecule has 0 spiro atoms. The molecule has 0 amide bonds. The van der Waals surface area contributed by atoms with Gasteiger partial charge in [0.1, 0.15) is 5.75 Å². The van der Waals surface area contributed by atoms with Crippen LogP contribution < -0.4 is 9.64 Å². The number of halogens is 2. The molecule has 0 aromatic heterocycles. The molecule has 1 aliphatic rings. The van der Waals surface area contributed by atoms with Gasteiger partial charge in [-0.25, -0.2) is 0 Å². The Morgan fingerprint density at radius 3 is 2.65 bits per heavy atom. The minimum atomic E-state index is 0.589. The highest BCUT2D eigenvalue weighted by Crippen LogP contribution is 2.27. The van der Waals surface area contributed by atoms with Gasteiger partial charge < -0.3 is 9.64 Å². The van der Waals surface area contributed by atoms with E-state index in [1.807, 2.05) is 6.07 Å². The topological polar surface area (TPSA) is 13.7 Å². The summed E-state index contributed by atoms with van der Waals surface area (Å²) in [6, 6.07) is 5.34. The summed E-state index contributed by atoms with van der Waals surface area (Å²) in [5, 5.41) is 1.23. The SMILES string of the molecule is Clc1ccc(OCCC[NH+]2CCCC2)c(Cl)c1. The van der Waals surface area contributed by atoms with E-state index in [1.165, 1.54) is 32.5 Å². The summed E-state index contributed by atoms with van der Waals surface area (Å²) >= 11 is 11.8. The van der Waals surface area contributed by atoms with Crippen LogP contribution in [0, 0.1) is 0 Å². The second-order valence-electron chi connectivity index (χ2n) is 4.48. The van der Waals surface area contributed by atoms with Crippen molar-refractivity contribution in [2.24, 2.45) is 0 Å². The molecular weight excluding hydrogens is 257 g/mol. The summed E-state index contributed by atoms with van der Waals surface area (Å²) < 4.78 is 5.65. The lowest BCUT2D eigenvalue weighted by atomic mass is 10.3. The highest BCUT2D eigenvalue weighted by atomic mass is 35.5. The van der Waals surface area contributed by atoms with E-state index in [-0.39, 0.29) is 0 Å². The van der Waals surface area contributed by atoms with Gasteiger partial charge in [-0.3, -0.25) is 0 Å². The van der Waals surface area contributed by atoms with Crippen LogP contribution >= 0.6 is 23.2 Å². The van der Waals surface area contributed by atoms with Crippen LogP contribution in [0.25, 0.3) is 0 Å². The molecule has 17 heavy (non-hydrogen) atoms. The lowest BCUT2D eigenvalue weighted by Gasteiger charge is -2.12. The van der Waals surface area contributed by atoms with E-state index in [9.17, 15) is 0 Å². The molecule has 4 heteroatoms. The van der Waals surface area contributed by atoms with Gasteiger partial charge in [-0.1, -0.05) is 23.2 Å². The number of ether oxygens (including phenoxy) is 1. The fourth-order valence-electron chi connectivity index (χ4n) is 2.22. The largest absolute Gasteiger partial charge is 0.492 e. The molecule has 1 N–H and O–H groups in total. The number of benzene rings is 1.